The molecule has 3 aromatic heterocycles. The first-order valence-corrected chi connectivity index (χ1v) is 11.7. The monoisotopic (exact) mass is 477 g/mol. The third-order valence-corrected chi connectivity index (χ3v) is 6.23. The van der Waals surface area contributed by atoms with Gasteiger partial charge in [-0.1, -0.05) is 12.1 Å². The summed E-state index contributed by atoms with van der Waals surface area (Å²) in [6.07, 6.45) is 1.62. The number of nitrogens with zero attached hydrogens (tertiary/aromatic N) is 5. The van der Waals surface area contributed by atoms with Crippen molar-refractivity contribution in [3.05, 3.63) is 79.7 Å². The van der Waals surface area contributed by atoms with Gasteiger partial charge in [0.1, 0.15) is 18.0 Å². The van der Waals surface area contributed by atoms with Gasteiger partial charge in [0.2, 0.25) is 5.88 Å². The maximum atomic E-state index is 13.4. The highest BCUT2D eigenvalue weighted by Gasteiger charge is 2.21. The van der Waals surface area contributed by atoms with E-state index in [1.165, 1.54) is 0 Å². The number of aliphatic hydroxyl groups is 1. The van der Waals surface area contributed by atoms with Crippen molar-refractivity contribution in [1.29, 1.82) is 0 Å². The molecule has 0 bridgehead atoms. The van der Waals surface area contributed by atoms with Gasteiger partial charge in [-0.3, -0.25) is 9.36 Å². The van der Waals surface area contributed by atoms with Crippen LogP contribution in [0.4, 0.5) is 0 Å². The second-order valence-corrected chi connectivity index (χ2v) is 9.76. The summed E-state index contributed by atoms with van der Waals surface area (Å²) in [5.74, 6) is 1.15. The molecule has 3 heterocycles. The predicted molar refractivity (Wildman–Crippen MR) is 131 cm³/mol. The molecule has 1 aromatic carbocycles. The van der Waals surface area contributed by atoms with Crippen molar-refractivity contribution in [2.45, 2.75) is 53.8 Å². The van der Waals surface area contributed by atoms with Crippen LogP contribution in [0.3, 0.4) is 0 Å². The Morgan fingerprint density at radius 2 is 1.85 bits per heavy atom. The third-order valence-electron chi connectivity index (χ3n) is 5.40. The number of hydrogen-bond donors (Lipinski definition) is 1. The first kappa shape index (κ1) is 23.7. The van der Waals surface area contributed by atoms with E-state index in [1.807, 2.05) is 37.4 Å². The summed E-state index contributed by atoms with van der Waals surface area (Å²) in [5.41, 5.74) is 2.96. The quantitative estimate of drug-likeness (QED) is 0.444. The first-order valence-electron chi connectivity index (χ1n) is 10.9. The van der Waals surface area contributed by atoms with Crippen LogP contribution in [0.2, 0.25) is 0 Å². The Morgan fingerprint density at radius 1 is 1.09 bits per heavy atom. The molecule has 0 fully saturated rings. The van der Waals surface area contributed by atoms with Crippen LogP contribution in [-0.2, 0) is 12.2 Å². The smallest absolute Gasteiger partial charge is 0.264 e. The van der Waals surface area contributed by atoms with Crippen molar-refractivity contribution in [2.75, 3.05) is 0 Å². The van der Waals surface area contributed by atoms with Crippen LogP contribution in [0.5, 0.6) is 5.88 Å². The van der Waals surface area contributed by atoms with E-state index in [2.05, 4.69) is 19.9 Å². The van der Waals surface area contributed by atoms with Crippen LogP contribution in [0.15, 0.2) is 40.6 Å². The molecule has 0 saturated carbocycles. The van der Waals surface area contributed by atoms with Gasteiger partial charge in [-0.15, -0.1) is 11.3 Å². The van der Waals surface area contributed by atoms with Crippen LogP contribution >= 0.6 is 11.3 Å². The standard InChI is InChI=1S/C25H27N5O3S/c1-14-7-8-18(20-9-10-26-24(29-20)25(5,6)32)11-21(14)30-16(3)27-22(15(2)23(30)31)33-12-19-13-34-17(4)28-19/h7-11,13,32H,12H2,1-6H3. The lowest BCUT2D eigenvalue weighted by molar-refractivity contribution is 0.0688. The number of rotatable bonds is 6. The third kappa shape index (κ3) is 4.76. The summed E-state index contributed by atoms with van der Waals surface area (Å²) < 4.78 is 7.43. The molecule has 0 aliphatic carbocycles. The SMILES string of the molecule is Cc1nc(COc2nc(C)n(-c3cc(-c4ccnc(C(C)(C)O)n4)ccc3C)c(=O)c2C)cs1. The average Bonchev–Trinajstić information content (AvgIpc) is 3.21. The normalized spacial score (nSPS) is 11.6. The van der Waals surface area contributed by atoms with Gasteiger partial charge in [0, 0.05) is 17.1 Å². The molecular weight excluding hydrogens is 450 g/mol. The molecule has 0 spiro atoms. The zero-order chi connectivity index (χ0) is 24.6. The number of thiazole rings is 1. The van der Waals surface area contributed by atoms with Crippen LogP contribution in [0.1, 0.15) is 47.3 Å². The molecule has 1 N–H and O–H groups in total. The van der Waals surface area contributed by atoms with Crippen molar-refractivity contribution in [1.82, 2.24) is 24.5 Å². The Balaban J connectivity index is 1.73. The maximum Gasteiger partial charge on any atom is 0.264 e. The minimum Gasteiger partial charge on any atom is -0.471 e. The van der Waals surface area contributed by atoms with Crippen molar-refractivity contribution in [2.24, 2.45) is 0 Å². The average molecular weight is 478 g/mol. The summed E-state index contributed by atoms with van der Waals surface area (Å²) in [7, 11) is 0. The Hall–Kier alpha value is -3.43. The predicted octanol–water partition coefficient (Wildman–Crippen LogP) is 4.19. The fourth-order valence-corrected chi connectivity index (χ4v) is 4.15. The molecule has 0 unspecified atom stereocenters. The van der Waals surface area contributed by atoms with Crippen molar-refractivity contribution in [3.8, 4) is 22.8 Å². The van der Waals surface area contributed by atoms with Gasteiger partial charge in [-0.25, -0.2) is 15.0 Å². The fraction of sp³-hybridized carbons (Fsp3) is 0.320. The van der Waals surface area contributed by atoms with Crippen molar-refractivity contribution in [3.63, 3.8) is 0 Å². The van der Waals surface area contributed by atoms with Gasteiger partial charge in [0.05, 0.1) is 27.6 Å². The topological polar surface area (TPSA) is 103 Å². The highest BCUT2D eigenvalue weighted by Crippen LogP contribution is 2.26. The molecule has 8 nitrogen and oxygen atoms in total. The molecule has 0 aliphatic rings. The van der Waals surface area contributed by atoms with Gasteiger partial charge < -0.3 is 9.84 Å². The summed E-state index contributed by atoms with van der Waals surface area (Å²) in [6, 6.07) is 7.55. The molecule has 4 rings (SSSR count). The van der Waals surface area contributed by atoms with Crippen molar-refractivity contribution >= 4 is 11.3 Å². The zero-order valence-electron chi connectivity index (χ0n) is 20.1. The summed E-state index contributed by atoms with van der Waals surface area (Å²) in [6.45, 7) is 10.9. The van der Waals surface area contributed by atoms with Crippen molar-refractivity contribution < 1.29 is 9.84 Å². The molecule has 4 aromatic rings. The molecule has 34 heavy (non-hydrogen) atoms. The van der Waals surface area contributed by atoms with Crippen LogP contribution < -0.4 is 10.3 Å². The van der Waals surface area contributed by atoms with E-state index >= 15 is 0 Å². The molecule has 0 amide bonds. The van der Waals surface area contributed by atoms with Crippen LogP contribution in [-0.4, -0.2) is 29.6 Å². The van der Waals surface area contributed by atoms with Crippen LogP contribution in [0.25, 0.3) is 16.9 Å². The molecule has 0 radical (unpaired) electrons. The molecule has 176 valence electrons. The van der Waals surface area contributed by atoms with Gasteiger partial charge in [0.25, 0.3) is 5.56 Å². The van der Waals surface area contributed by atoms with E-state index < -0.39 is 5.60 Å². The maximum absolute atomic E-state index is 13.4. The Morgan fingerprint density at radius 3 is 2.53 bits per heavy atom. The number of hydrogen-bond acceptors (Lipinski definition) is 8. The second-order valence-electron chi connectivity index (χ2n) is 8.70. The molecule has 0 aliphatic heterocycles. The van der Waals surface area contributed by atoms with E-state index in [-0.39, 0.29) is 12.2 Å². The van der Waals surface area contributed by atoms with E-state index in [4.69, 9.17) is 4.74 Å². The second kappa shape index (κ2) is 9.08. The van der Waals surface area contributed by atoms with Gasteiger partial charge in [-0.2, -0.15) is 4.98 Å². The van der Waals surface area contributed by atoms with Gasteiger partial charge in [-0.05, 0) is 59.2 Å². The Kier molecular flexibility index (Phi) is 6.33. The van der Waals surface area contributed by atoms with Crippen LogP contribution in [0, 0.1) is 27.7 Å². The van der Waals surface area contributed by atoms with Gasteiger partial charge >= 0.3 is 0 Å². The molecular formula is C25H27N5O3S. The highest BCUT2D eigenvalue weighted by molar-refractivity contribution is 7.09. The van der Waals surface area contributed by atoms with E-state index in [0.717, 1.165) is 21.8 Å². The van der Waals surface area contributed by atoms with Gasteiger partial charge in [0.15, 0.2) is 5.82 Å². The molecule has 0 saturated heterocycles. The number of aromatic nitrogens is 5. The zero-order valence-corrected chi connectivity index (χ0v) is 20.9. The number of ether oxygens (including phenoxy) is 1. The number of benzene rings is 1. The van der Waals surface area contributed by atoms with E-state index in [9.17, 15) is 9.90 Å². The first-order chi connectivity index (χ1) is 16.0. The lowest BCUT2D eigenvalue weighted by atomic mass is 10.1. The molecule has 9 heteroatoms. The largest absolute Gasteiger partial charge is 0.471 e. The molecule has 0 atom stereocenters. The minimum atomic E-state index is -1.16. The Labute approximate surface area is 202 Å². The summed E-state index contributed by atoms with van der Waals surface area (Å²) in [5, 5.41) is 13.2. The van der Waals surface area contributed by atoms with E-state index in [1.54, 1.807) is 55.9 Å². The highest BCUT2D eigenvalue weighted by atomic mass is 32.1. The number of aryl methyl sites for hydroxylation is 3. The summed E-state index contributed by atoms with van der Waals surface area (Å²) >= 11 is 1.55. The fourth-order valence-electron chi connectivity index (χ4n) is 3.55. The Bertz CT molecular complexity index is 1420. The lowest BCUT2D eigenvalue weighted by Crippen LogP contribution is -2.26. The minimum absolute atomic E-state index is 0.197. The van der Waals surface area contributed by atoms with E-state index in [0.29, 0.717) is 34.5 Å². The lowest BCUT2D eigenvalue weighted by Gasteiger charge is -2.18. The summed E-state index contributed by atoms with van der Waals surface area (Å²) in [4.78, 5) is 31.1.